The number of aryl methyl sites for hydroxylation is 1. The summed E-state index contributed by atoms with van der Waals surface area (Å²) >= 11 is 1.32. The topological polar surface area (TPSA) is 65.4 Å². The molecule has 2 aromatic rings. The molecule has 0 unspecified atom stereocenters. The first-order valence-electron chi connectivity index (χ1n) is 4.90. The molecule has 0 amide bonds. The molecule has 1 aromatic heterocycles. The van der Waals surface area contributed by atoms with Gasteiger partial charge in [0.1, 0.15) is 17.7 Å². The SMILES string of the molecule is Cc1nc(SCc2cccc(C#N)c2F)n[nH]1. The van der Waals surface area contributed by atoms with Crippen LogP contribution in [0.25, 0.3) is 0 Å². The Morgan fingerprint density at radius 2 is 2.35 bits per heavy atom. The first-order valence-corrected chi connectivity index (χ1v) is 5.88. The number of halogens is 1. The monoisotopic (exact) mass is 248 g/mol. The van der Waals surface area contributed by atoms with Crippen LogP contribution in [0.3, 0.4) is 0 Å². The summed E-state index contributed by atoms with van der Waals surface area (Å²) in [6, 6.07) is 6.60. The van der Waals surface area contributed by atoms with Gasteiger partial charge in [0.2, 0.25) is 5.16 Å². The number of aromatic amines is 1. The van der Waals surface area contributed by atoms with Crippen molar-refractivity contribution in [2.75, 3.05) is 0 Å². The zero-order valence-corrected chi connectivity index (χ0v) is 9.88. The van der Waals surface area contributed by atoms with Crippen LogP contribution in [0.1, 0.15) is 17.0 Å². The summed E-state index contributed by atoms with van der Waals surface area (Å²) in [6.45, 7) is 1.80. The molecule has 0 radical (unpaired) electrons. The molecule has 0 aliphatic carbocycles. The largest absolute Gasteiger partial charge is 0.262 e. The molecule has 0 spiro atoms. The predicted octanol–water partition coefficient (Wildman–Crippen LogP) is 2.42. The van der Waals surface area contributed by atoms with Gasteiger partial charge >= 0.3 is 0 Å². The van der Waals surface area contributed by atoms with E-state index in [4.69, 9.17) is 5.26 Å². The van der Waals surface area contributed by atoms with Crippen LogP contribution in [0.4, 0.5) is 4.39 Å². The van der Waals surface area contributed by atoms with Crippen molar-refractivity contribution < 1.29 is 4.39 Å². The zero-order chi connectivity index (χ0) is 12.3. The molecular weight excluding hydrogens is 239 g/mol. The average molecular weight is 248 g/mol. The summed E-state index contributed by atoms with van der Waals surface area (Å²) in [7, 11) is 0. The minimum absolute atomic E-state index is 0.0641. The van der Waals surface area contributed by atoms with Crippen molar-refractivity contribution >= 4 is 11.8 Å². The Bertz CT molecular complexity index is 573. The second kappa shape index (κ2) is 4.97. The highest BCUT2D eigenvalue weighted by Gasteiger charge is 2.09. The molecule has 0 fully saturated rings. The van der Waals surface area contributed by atoms with Crippen LogP contribution in [0.15, 0.2) is 23.4 Å². The third-order valence-corrected chi connectivity index (χ3v) is 3.03. The molecule has 2 rings (SSSR count). The van der Waals surface area contributed by atoms with Crippen LogP contribution in [-0.2, 0) is 5.75 Å². The summed E-state index contributed by atoms with van der Waals surface area (Å²) < 4.78 is 13.7. The highest BCUT2D eigenvalue weighted by atomic mass is 32.2. The summed E-state index contributed by atoms with van der Waals surface area (Å²) in [5, 5.41) is 15.9. The molecular formula is C11H9FN4S. The number of hydrogen-bond acceptors (Lipinski definition) is 4. The van der Waals surface area contributed by atoms with Crippen molar-refractivity contribution in [2.45, 2.75) is 17.8 Å². The van der Waals surface area contributed by atoms with Gasteiger partial charge in [-0.15, -0.1) is 5.10 Å². The van der Waals surface area contributed by atoms with E-state index in [0.29, 0.717) is 16.5 Å². The number of nitrogens with zero attached hydrogens (tertiary/aromatic N) is 3. The van der Waals surface area contributed by atoms with E-state index < -0.39 is 5.82 Å². The third-order valence-electron chi connectivity index (χ3n) is 2.13. The van der Waals surface area contributed by atoms with Gasteiger partial charge in [-0.25, -0.2) is 9.37 Å². The Balaban J connectivity index is 2.12. The van der Waals surface area contributed by atoms with Crippen molar-refractivity contribution in [2.24, 2.45) is 0 Å². The Hall–Kier alpha value is -1.87. The molecule has 17 heavy (non-hydrogen) atoms. The van der Waals surface area contributed by atoms with Gasteiger partial charge in [0, 0.05) is 5.75 Å². The van der Waals surface area contributed by atoms with E-state index >= 15 is 0 Å². The van der Waals surface area contributed by atoms with Crippen LogP contribution in [0, 0.1) is 24.1 Å². The zero-order valence-electron chi connectivity index (χ0n) is 9.07. The van der Waals surface area contributed by atoms with E-state index in [9.17, 15) is 4.39 Å². The van der Waals surface area contributed by atoms with Crippen LogP contribution >= 0.6 is 11.8 Å². The highest BCUT2D eigenvalue weighted by Crippen LogP contribution is 2.22. The summed E-state index contributed by atoms with van der Waals surface area (Å²) in [6.07, 6.45) is 0. The van der Waals surface area contributed by atoms with E-state index in [2.05, 4.69) is 15.2 Å². The fourth-order valence-corrected chi connectivity index (χ4v) is 2.13. The normalized spacial score (nSPS) is 10.2. The fourth-order valence-electron chi connectivity index (χ4n) is 1.31. The van der Waals surface area contributed by atoms with Gasteiger partial charge in [-0.2, -0.15) is 5.26 Å². The van der Waals surface area contributed by atoms with E-state index in [-0.39, 0.29) is 5.56 Å². The van der Waals surface area contributed by atoms with Gasteiger partial charge < -0.3 is 0 Å². The average Bonchev–Trinajstić information content (AvgIpc) is 2.74. The van der Waals surface area contributed by atoms with E-state index in [1.54, 1.807) is 19.1 Å². The lowest BCUT2D eigenvalue weighted by Crippen LogP contribution is -1.92. The van der Waals surface area contributed by atoms with Crippen molar-refractivity contribution in [1.82, 2.24) is 15.2 Å². The number of nitrogens with one attached hydrogen (secondary N) is 1. The third kappa shape index (κ3) is 2.63. The van der Waals surface area contributed by atoms with Gasteiger partial charge in [0.15, 0.2) is 0 Å². The number of hydrogen-bond donors (Lipinski definition) is 1. The smallest absolute Gasteiger partial charge is 0.208 e. The van der Waals surface area contributed by atoms with Gasteiger partial charge in [-0.3, -0.25) is 5.10 Å². The van der Waals surface area contributed by atoms with Crippen LogP contribution in [-0.4, -0.2) is 15.2 Å². The van der Waals surface area contributed by atoms with Gasteiger partial charge in [-0.05, 0) is 18.6 Å². The maximum absolute atomic E-state index is 13.7. The van der Waals surface area contributed by atoms with Gasteiger partial charge in [-0.1, -0.05) is 23.9 Å². The van der Waals surface area contributed by atoms with Crippen molar-refractivity contribution in [1.29, 1.82) is 5.26 Å². The fraction of sp³-hybridized carbons (Fsp3) is 0.182. The van der Waals surface area contributed by atoms with E-state index in [1.165, 1.54) is 17.8 Å². The molecule has 0 aliphatic heterocycles. The Kier molecular flexibility index (Phi) is 3.40. The molecule has 6 heteroatoms. The van der Waals surface area contributed by atoms with Crippen LogP contribution in [0.2, 0.25) is 0 Å². The lowest BCUT2D eigenvalue weighted by molar-refractivity contribution is 0.613. The first-order chi connectivity index (χ1) is 8.20. The molecule has 0 atom stereocenters. The minimum atomic E-state index is -0.463. The second-order valence-electron chi connectivity index (χ2n) is 3.38. The number of aromatic nitrogens is 3. The van der Waals surface area contributed by atoms with Crippen LogP contribution in [0.5, 0.6) is 0 Å². The Morgan fingerprint density at radius 3 is 3.00 bits per heavy atom. The molecule has 1 N–H and O–H groups in total. The molecule has 4 nitrogen and oxygen atoms in total. The molecule has 0 bridgehead atoms. The maximum atomic E-state index is 13.7. The molecule has 0 saturated carbocycles. The summed E-state index contributed by atoms with van der Waals surface area (Å²) in [5.74, 6) is 0.659. The van der Waals surface area contributed by atoms with Crippen molar-refractivity contribution in [3.63, 3.8) is 0 Å². The van der Waals surface area contributed by atoms with Gasteiger partial charge in [0.05, 0.1) is 5.56 Å². The summed E-state index contributed by atoms with van der Waals surface area (Å²) in [5.41, 5.74) is 0.547. The van der Waals surface area contributed by atoms with E-state index in [1.807, 2.05) is 6.07 Å². The van der Waals surface area contributed by atoms with Crippen molar-refractivity contribution in [3.05, 3.63) is 41.0 Å². The number of thioether (sulfide) groups is 1. The molecule has 0 saturated heterocycles. The molecule has 0 aliphatic rings. The Morgan fingerprint density at radius 1 is 1.53 bits per heavy atom. The molecule has 1 heterocycles. The van der Waals surface area contributed by atoms with Crippen LogP contribution < -0.4 is 0 Å². The predicted molar refractivity (Wildman–Crippen MR) is 61.8 cm³/mol. The second-order valence-corrected chi connectivity index (χ2v) is 4.33. The number of benzene rings is 1. The lowest BCUT2D eigenvalue weighted by atomic mass is 10.1. The number of nitriles is 1. The quantitative estimate of drug-likeness (QED) is 0.847. The van der Waals surface area contributed by atoms with Crippen molar-refractivity contribution in [3.8, 4) is 6.07 Å². The minimum Gasteiger partial charge on any atom is -0.262 e. The Labute approximate surface area is 102 Å². The molecule has 1 aromatic carbocycles. The van der Waals surface area contributed by atoms with E-state index in [0.717, 1.165) is 5.82 Å². The number of H-pyrrole nitrogens is 1. The highest BCUT2D eigenvalue weighted by molar-refractivity contribution is 7.98. The van der Waals surface area contributed by atoms with Gasteiger partial charge in [0.25, 0.3) is 0 Å². The maximum Gasteiger partial charge on any atom is 0.208 e. The standard InChI is InChI=1S/C11H9FN4S/c1-7-14-11(16-15-7)17-6-9-4-2-3-8(5-13)10(9)12/h2-4H,6H2,1H3,(H,14,15,16). The first kappa shape index (κ1) is 11.6. The molecule has 86 valence electrons. The summed E-state index contributed by atoms with van der Waals surface area (Å²) in [4.78, 5) is 4.11. The lowest BCUT2D eigenvalue weighted by Gasteiger charge is -2.01. The number of rotatable bonds is 3.